The number of aromatic nitrogens is 2. The van der Waals surface area contributed by atoms with Gasteiger partial charge in [-0.15, -0.1) is 0 Å². The summed E-state index contributed by atoms with van der Waals surface area (Å²) in [6, 6.07) is 10.8. The molecule has 0 N–H and O–H groups in total. The zero-order valence-electron chi connectivity index (χ0n) is 12.6. The second-order valence-corrected chi connectivity index (χ2v) is 5.17. The van der Waals surface area contributed by atoms with Gasteiger partial charge in [-0.2, -0.15) is 0 Å². The fraction of sp³-hybridized carbons (Fsp3) is 0.111. The fourth-order valence-electron chi connectivity index (χ4n) is 2.17. The van der Waals surface area contributed by atoms with Gasteiger partial charge in [-0.3, -0.25) is 14.6 Å². The van der Waals surface area contributed by atoms with Crippen LogP contribution in [0.5, 0.6) is 0 Å². The van der Waals surface area contributed by atoms with Crippen molar-refractivity contribution in [3.05, 3.63) is 83.6 Å². The Morgan fingerprint density at radius 2 is 1.83 bits per heavy atom. The van der Waals surface area contributed by atoms with E-state index in [4.69, 9.17) is 4.42 Å². The lowest BCUT2D eigenvalue weighted by Crippen LogP contribution is -2.17. The predicted molar refractivity (Wildman–Crippen MR) is 83.0 cm³/mol. The number of Topliss-reactive ketones (excluding diaryl/α,β-unsaturated/α-hetero) is 2. The van der Waals surface area contributed by atoms with Gasteiger partial charge in [-0.05, 0) is 29.8 Å². The highest BCUT2D eigenvalue weighted by Crippen LogP contribution is 2.12. The van der Waals surface area contributed by atoms with Crippen molar-refractivity contribution in [3.8, 4) is 0 Å². The zero-order chi connectivity index (χ0) is 16.9. The van der Waals surface area contributed by atoms with Crippen LogP contribution in [0.2, 0.25) is 0 Å². The van der Waals surface area contributed by atoms with Crippen LogP contribution >= 0.6 is 0 Å². The van der Waals surface area contributed by atoms with Crippen molar-refractivity contribution >= 4 is 11.6 Å². The molecule has 0 amide bonds. The number of hydrogen-bond donors (Lipinski definition) is 0. The van der Waals surface area contributed by atoms with Crippen LogP contribution in [-0.2, 0) is 17.6 Å². The minimum atomic E-state index is -0.660. The lowest BCUT2D eigenvalue weighted by Gasteiger charge is -1.98. The normalized spacial score (nSPS) is 10.5. The zero-order valence-corrected chi connectivity index (χ0v) is 12.6. The molecule has 0 spiro atoms. The molecule has 2 heterocycles. The lowest BCUT2D eigenvalue weighted by molar-refractivity contribution is -0.114. The molecule has 0 atom stereocenters. The number of nitrogens with zero attached hydrogens (tertiary/aromatic N) is 2. The highest BCUT2D eigenvalue weighted by Gasteiger charge is 2.19. The first-order chi connectivity index (χ1) is 11.6. The van der Waals surface area contributed by atoms with E-state index in [1.807, 2.05) is 0 Å². The van der Waals surface area contributed by atoms with Crippen LogP contribution in [-0.4, -0.2) is 21.5 Å². The Hall–Kier alpha value is -3.15. The van der Waals surface area contributed by atoms with E-state index < -0.39 is 11.6 Å². The highest BCUT2D eigenvalue weighted by molar-refractivity contribution is 6.43. The van der Waals surface area contributed by atoms with Crippen LogP contribution in [0.1, 0.15) is 27.7 Å². The molecule has 0 fully saturated rings. The summed E-state index contributed by atoms with van der Waals surface area (Å²) in [5.74, 6) is -0.883. The second-order valence-electron chi connectivity index (χ2n) is 5.17. The highest BCUT2D eigenvalue weighted by atomic mass is 19.1. The molecule has 1 aromatic carbocycles. The van der Waals surface area contributed by atoms with Crippen LogP contribution in [0, 0.1) is 5.82 Å². The molecule has 0 saturated carbocycles. The van der Waals surface area contributed by atoms with Gasteiger partial charge >= 0.3 is 0 Å². The van der Waals surface area contributed by atoms with Crippen molar-refractivity contribution in [2.45, 2.75) is 12.8 Å². The molecule has 0 unspecified atom stereocenters. The molecule has 0 bridgehead atoms. The van der Waals surface area contributed by atoms with Crippen molar-refractivity contribution in [2.24, 2.45) is 0 Å². The van der Waals surface area contributed by atoms with Crippen molar-refractivity contribution in [3.63, 3.8) is 0 Å². The molecule has 3 rings (SSSR count). The predicted octanol–water partition coefficient (Wildman–Crippen LogP) is 2.79. The van der Waals surface area contributed by atoms with Crippen LogP contribution in [0.3, 0.4) is 0 Å². The lowest BCUT2D eigenvalue weighted by atomic mass is 10.1. The Bertz CT molecular complexity index is 857. The summed E-state index contributed by atoms with van der Waals surface area (Å²) >= 11 is 0. The van der Waals surface area contributed by atoms with Crippen LogP contribution < -0.4 is 0 Å². The van der Waals surface area contributed by atoms with Gasteiger partial charge in [0.05, 0.1) is 12.6 Å². The first-order valence-electron chi connectivity index (χ1n) is 7.28. The van der Waals surface area contributed by atoms with Crippen LogP contribution in [0.15, 0.2) is 59.3 Å². The average Bonchev–Trinajstić information content (AvgIpc) is 3.04. The third kappa shape index (κ3) is 3.78. The number of oxazole rings is 1. The molecule has 5 nitrogen and oxygen atoms in total. The van der Waals surface area contributed by atoms with E-state index in [-0.39, 0.29) is 17.9 Å². The number of carbonyl (C=O) groups is 2. The van der Waals surface area contributed by atoms with Gasteiger partial charge < -0.3 is 4.42 Å². The third-order valence-corrected chi connectivity index (χ3v) is 3.36. The summed E-state index contributed by atoms with van der Waals surface area (Å²) in [5, 5.41) is 0. The number of carbonyl (C=O) groups excluding carboxylic acids is 2. The van der Waals surface area contributed by atoms with Gasteiger partial charge in [0.2, 0.25) is 11.6 Å². The summed E-state index contributed by atoms with van der Waals surface area (Å²) in [7, 11) is 0. The van der Waals surface area contributed by atoms with Gasteiger partial charge in [0.25, 0.3) is 0 Å². The first-order valence-corrected chi connectivity index (χ1v) is 7.28. The topological polar surface area (TPSA) is 73.1 Å². The number of benzene rings is 1. The van der Waals surface area contributed by atoms with E-state index in [0.29, 0.717) is 18.1 Å². The molecular weight excluding hydrogens is 311 g/mol. The molecule has 0 aliphatic carbocycles. The van der Waals surface area contributed by atoms with Gasteiger partial charge in [0.1, 0.15) is 17.3 Å². The van der Waals surface area contributed by atoms with Crippen molar-refractivity contribution < 1.29 is 18.4 Å². The van der Waals surface area contributed by atoms with E-state index in [0.717, 1.165) is 5.56 Å². The van der Waals surface area contributed by atoms with E-state index in [1.54, 1.807) is 24.3 Å². The van der Waals surface area contributed by atoms with Crippen LogP contribution in [0.4, 0.5) is 4.39 Å². The van der Waals surface area contributed by atoms with E-state index in [9.17, 15) is 14.0 Å². The summed E-state index contributed by atoms with van der Waals surface area (Å²) < 4.78 is 18.4. The van der Waals surface area contributed by atoms with Gasteiger partial charge in [0, 0.05) is 12.6 Å². The van der Waals surface area contributed by atoms with Crippen molar-refractivity contribution in [1.82, 2.24) is 9.97 Å². The summed E-state index contributed by atoms with van der Waals surface area (Å²) in [6.45, 7) is 0. The SMILES string of the molecule is O=C(Cc1cnc(Cc2ccc(F)cc2)o1)C(=O)c1ccccn1. The average molecular weight is 324 g/mol. The van der Waals surface area contributed by atoms with Gasteiger partial charge in [-0.25, -0.2) is 9.37 Å². The second kappa shape index (κ2) is 6.95. The number of rotatable bonds is 6. The summed E-state index contributed by atoms with van der Waals surface area (Å²) in [6.07, 6.45) is 3.08. The monoisotopic (exact) mass is 324 g/mol. The molecule has 120 valence electrons. The number of halogens is 1. The Balaban J connectivity index is 1.64. The molecule has 0 aliphatic heterocycles. The Morgan fingerprint density at radius 1 is 1.04 bits per heavy atom. The minimum Gasteiger partial charge on any atom is -0.445 e. The minimum absolute atomic E-state index is 0.105. The molecule has 0 radical (unpaired) electrons. The maximum Gasteiger partial charge on any atom is 0.247 e. The molecule has 2 aromatic heterocycles. The summed E-state index contributed by atoms with van der Waals surface area (Å²) in [4.78, 5) is 31.9. The molecule has 3 aromatic rings. The fourth-order valence-corrected chi connectivity index (χ4v) is 2.17. The maximum atomic E-state index is 12.9. The molecular formula is C18H13FN2O3. The van der Waals surface area contributed by atoms with E-state index in [1.165, 1.54) is 30.6 Å². The quantitative estimate of drug-likeness (QED) is 0.515. The number of ketones is 2. The Kier molecular flexibility index (Phi) is 4.56. The standard InChI is InChI=1S/C18H13FN2O3/c19-13-6-4-12(5-7-13)9-17-21-11-14(24-17)10-16(22)18(23)15-3-1-2-8-20-15/h1-8,11H,9-10H2. The molecule has 0 saturated heterocycles. The maximum absolute atomic E-state index is 12.9. The van der Waals surface area contributed by atoms with Crippen molar-refractivity contribution in [2.75, 3.05) is 0 Å². The smallest absolute Gasteiger partial charge is 0.247 e. The Morgan fingerprint density at radius 3 is 2.54 bits per heavy atom. The number of hydrogen-bond acceptors (Lipinski definition) is 5. The van der Waals surface area contributed by atoms with Crippen LogP contribution in [0.25, 0.3) is 0 Å². The van der Waals surface area contributed by atoms with E-state index >= 15 is 0 Å². The summed E-state index contributed by atoms with van der Waals surface area (Å²) in [5.41, 5.74) is 0.939. The molecule has 6 heteroatoms. The third-order valence-electron chi connectivity index (χ3n) is 3.36. The largest absolute Gasteiger partial charge is 0.445 e. The van der Waals surface area contributed by atoms with Gasteiger partial charge in [-0.1, -0.05) is 18.2 Å². The Labute approximate surface area is 137 Å². The molecule has 24 heavy (non-hydrogen) atoms. The van der Waals surface area contributed by atoms with Gasteiger partial charge in [0.15, 0.2) is 5.89 Å². The number of pyridine rings is 1. The molecule has 0 aliphatic rings. The first kappa shape index (κ1) is 15.7. The van der Waals surface area contributed by atoms with E-state index in [2.05, 4.69) is 9.97 Å². The van der Waals surface area contributed by atoms with Crippen molar-refractivity contribution in [1.29, 1.82) is 0 Å².